The molecule has 0 aliphatic heterocycles. The van der Waals surface area contributed by atoms with Crippen LogP contribution in [0.1, 0.15) is 45.4 Å². The van der Waals surface area contributed by atoms with E-state index in [1.807, 2.05) is 6.08 Å². The van der Waals surface area contributed by atoms with Crippen LogP contribution in [0.4, 0.5) is 0 Å². The highest BCUT2D eigenvalue weighted by Gasteiger charge is 2.02. The first-order chi connectivity index (χ1) is 6.79. The molecule has 0 atom stereocenters. The standard InChI is InChI=1S/C12H18O2/c1-11(13)14-10-6-5-9-12-7-3-2-4-8-12/h5H,2-4,6-8,10H2,1H3. The van der Waals surface area contributed by atoms with E-state index >= 15 is 0 Å². The summed E-state index contributed by atoms with van der Waals surface area (Å²) in [6, 6.07) is 0. The molecular formula is C12H18O2. The highest BCUT2D eigenvalue weighted by atomic mass is 16.5. The molecule has 0 N–H and O–H groups in total. The van der Waals surface area contributed by atoms with Gasteiger partial charge in [-0.3, -0.25) is 4.79 Å². The van der Waals surface area contributed by atoms with Crippen molar-refractivity contribution in [3.63, 3.8) is 0 Å². The van der Waals surface area contributed by atoms with Gasteiger partial charge in [0.1, 0.15) is 0 Å². The lowest BCUT2D eigenvalue weighted by Gasteiger charge is -2.10. The molecular weight excluding hydrogens is 176 g/mol. The molecule has 0 heterocycles. The number of carbonyl (C=O) groups excluding carboxylic acids is 1. The van der Waals surface area contributed by atoms with Gasteiger partial charge in [0.25, 0.3) is 0 Å². The third-order valence-corrected chi connectivity index (χ3v) is 2.33. The molecule has 0 bridgehead atoms. The van der Waals surface area contributed by atoms with Crippen molar-refractivity contribution in [1.29, 1.82) is 0 Å². The fourth-order valence-corrected chi connectivity index (χ4v) is 1.60. The Hall–Kier alpha value is -1.01. The topological polar surface area (TPSA) is 26.3 Å². The summed E-state index contributed by atoms with van der Waals surface area (Å²) in [5, 5.41) is 0. The lowest BCUT2D eigenvalue weighted by atomic mass is 9.96. The minimum atomic E-state index is -0.205. The maximum absolute atomic E-state index is 10.4. The molecule has 0 aromatic rings. The predicted octanol–water partition coefficient (Wildman–Crippen LogP) is 2.99. The molecule has 1 fully saturated rings. The molecule has 1 aliphatic carbocycles. The Morgan fingerprint density at radius 1 is 1.43 bits per heavy atom. The van der Waals surface area contributed by atoms with E-state index in [2.05, 4.69) is 5.73 Å². The van der Waals surface area contributed by atoms with Crippen LogP contribution in [-0.4, -0.2) is 12.6 Å². The van der Waals surface area contributed by atoms with Gasteiger partial charge in [0, 0.05) is 13.3 Å². The van der Waals surface area contributed by atoms with Crippen LogP contribution in [0.5, 0.6) is 0 Å². The Kier molecular flexibility index (Phi) is 5.09. The average molecular weight is 194 g/mol. The van der Waals surface area contributed by atoms with E-state index in [0.717, 1.165) is 6.42 Å². The van der Waals surface area contributed by atoms with Crippen molar-refractivity contribution in [3.05, 3.63) is 17.4 Å². The molecule has 1 rings (SSSR count). The molecule has 0 radical (unpaired) electrons. The molecule has 2 nitrogen and oxygen atoms in total. The third kappa shape index (κ3) is 4.88. The van der Waals surface area contributed by atoms with Crippen LogP contribution in [0.25, 0.3) is 0 Å². The third-order valence-electron chi connectivity index (χ3n) is 2.33. The average Bonchev–Trinajstić information content (AvgIpc) is 2.18. The minimum Gasteiger partial charge on any atom is -0.466 e. The van der Waals surface area contributed by atoms with Crippen molar-refractivity contribution >= 4 is 5.97 Å². The molecule has 0 aromatic heterocycles. The van der Waals surface area contributed by atoms with E-state index in [4.69, 9.17) is 4.74 Å². The summed E-state index contributed by atoms with van der Waals surface area (Å²) in [7, 11) is 0. The van der Waals surface area contributed by atoms with Crippen LogP contribution >= 0.6 is 0 Å². The molecule has 14 heavy (non-hydrogen) atoms. The number of hydrogen-bond donors (Lipinski definition) is 0. The van der Waals surface area contributed by atoms with Crippen LogP contribution in [0.2, 0.25) is 0 Å². The highest BCUT2D eigenvalue weighted by molar-refractivity contribution is 5.65. The van der Waals surface area contributed by atoms with Crippen LogP contribution in [0.3, 0.4) is 0 Å². The Labute approximate surface area is 85.6 Å². The summed E-state index contributed by atoms with van der Waals surface area (Å²) in [6.07, 6.45) is 9.14. The zero-order chi connectivity index (χ0) is 10.2. The van der Waals surface area contributed by atoms with Crippen LogP contribution < -0.4 is 0 Å². The second-order valence-corrected chi connectivity index (χ2v) is 3.64. The first kappa shape index (κ1) is 11.1. The summed E-state index contributed by atoms with van der Waals surface area (Å²) in [4.78, 5) is 10.4. The minimum absolute atomic E-state index is 0.205. The number of ether oxygens (including phenoxy) is 1. The van der Waals surface area contributed by atoms with E-state index in [0.29, 0.717) is 6.61 Å². The van der Waals surface area contributed by atoms with E-state index in [9.17, 15) is 4.79 Å². The molecule has 0 amide bonds. The maximum atomic E-state index is 10.4. The van der Waals surface area contributed by atoms with Gasteiger partial charge >= 0.3 is 5.97 Å². The van der Waals surface area contributed by atoms with Crippen LogP contribution in [0.15, 0.2) is 17.4 Å². The van der Waals surface area contributed by atoms with E-state index < -0.39 is 0 Å². The highest BCUT2D eigenvalue weighted by Crippen LogP contribution is 2.21. The van der Waals surface area contributed by atoms with Gasteiger partial charge < -0.3 is 4.74 Å². The molecule has 1 aliphatic rings. The monoisotopic (exact) mass is 194 g/mol. The lowest BCUT2D eigenvalue weighted by Crippen LogP contribution is -1.98. The Bertz CT molecular complexity index is 239. The molecule has 0 saturated heterocycles. The summed E-state index contributed by atoms with van der Waals surface area (Å²) < 4.78 is 4.81. The van der Waals surface area contributed by atoms with Gasteiger partial charge in [0.2, 0.25) is 0 Å². The first-order valence-corrected chi connectivity index (χ1v) is 5.35. The summed E-state index contributed by atoms with van der Waals surface area (Å²) in [5.41, 5.74) is 4.73. The normalized spacial score (nSPS) is 15.9. The van der Waals surface area contributed by atoms with Crippen molar-refractivity contribution in [2.24, 2.45) is 0 Å². The van der Waals surface area contributed by atoms with Crippen LogP contribution in [0, 0.1) is 0 Å². The first-order valence-electron chi connectivity index (χ1n) is 5.35. The zero-order valence-electron chi connectivity index (χ0n) is 8.84. The fraction of sp³-hybridized carbons (Fsp3) is 0.667. The summed E-state index contributed by atoms with van der Waals surface area (Å²) >= 11 is 0. The summed E-state index contributed by atoms with van der Waals surface area (Å²) in [6.45, 7) is 1.92. The number of hydrogen-bond acceptors (Lipinski definition) is 2. The Morgan fingerprint density at radius 3 is 2.79 bits per heavy atom. The molecule has 0 spiro atoms. The van der Waals surface area contributed by atoms with E-state index in [1.165, 1.54) is 44.6 Å². The zero-order valence-corrected chi connectivity index (χ0v) is 8.84. The van der Waals surface area contributed by atoms with E-state index in [-0.39, 0.29) is 5.97 Å². The summed E-state index contributed by atoms with van der Waals surface area (Å²) in [5.74, 6) is -0.205. The Morgan fingerprint density at radius 2 is 2.14 bits per heavy atom. The van der Waals surface area contributed by atoms with E-state index in [1.54, 1.807) is 0 Å². The van der Waals surface area contributed by atoms with Crippen molar-refractivity contribution in [2.45, 2.75) is 45.4 Å². The second-order valence-electron chi connectivity index (χ2n) is 3.64. The molecule has 1 saturated carbocycles. The number of esters is 1. The largest absolute Gasteiger partial charge is 0.466 e. The second kappa shape index (κ2) is 6.44. The van der Waals surface area contributed by atoms with Crippen LogP contribution in [-0.2, 0) is 9.53 Å². The lowest BCUT2D eigenvalue weighted by molar-refractivity contribution is -0.140. The SMILES string of the molecule is CC(=O)OCCC=C=C1CCCCC1. The maximum Gasteiger partial charge on any atom is 0.302 e. The van der Waals surface area contributed by atoms with Gasteiger partial charge in [-0.25, -0.2) is 0 Å². The predicted molar refractivity (Wildman–Crippen MR) is 55.9 cm³/mol. The smallest absolute Gasteiger partial charge is 0.302 e. The van der Waals surface area contributed by atoms with Gasteiger partial charge in [-0.05, 0) is 37.3 Å². The van der Waals surface area contributed by atoms with Crippen molar-refractivity contribution in [3.8, 4) is 0 Å². The van der Waals surface area contributed by atoms with Gasteiger partial charge in [-0.2, -0.15) is 0 Å². The number of rotatable bonds is 3. The molecule has 0 aromatic carbocycles. The number of carbonyl (C=O) groups is 1. The van der Waals surface area contributed by atoms with Crippen molar-refractivity contribution in [2.75, 3.05) is 6.61 Å². The van der Waals surface area contributed by atoms with Gasteiger partial charge in [0.05, 0.1) is 6.61 Å². The fourth-order valence-electron chi connectivity index (χ4n) is 1.60. The molecule has 2 heteroatoms. The van der Waals surface area contributed by atoms with Gasteiger partial charge in [0.15, 0.2) is 0 Å². The van der Waals surface area contributed by atoms with Gasteiger partial charge in [-0.1, -0.05) is 6.42 Å². The van der Waals surface area contributed by atoms with Crippen molar-refractivity contribution in [1.82, 2.24) is 0 Å². The van der Waals surface area contributed by atoms with Gasteiger partial charge in [-0.15, -0.1) is 5.73 Å². The Balaban J connectivity index is 2.20. The van der Waals surface area contributed by atoms with Crippen molar-refractivity contribution < 1.29 is 9.53 Å². The quantitative estimate of drug-likeness (QED) is 0.392. The molecule has 0 unspecified atom stereocenters. The molecule has 78 valence electrons.